The predicted molar refractivity (Wildman–Crippen MR) is 95.9 cm³/mol. The van der Waals surface area contributed by atoms with Gasteiger partial charge < -0.3 is 14.2 Å². The van der Waals surface area contributed by atoms with E-state index < -0.39 is 0 Å². The first-order valence-corrected chi connectivity index (χ1v) is 9.00. The van der Waals surface area contributed by atoms with Crippen LogP contribution in [0.3, 0.4) is 0 Å². The SMILES string of the molecule is Cc1ccc2oc(N3CCN(C(=O)c4cscc4C)CC3)nc2c1. The van der Waals surface area contributed by atoms with Crippen LogP contribution in [0, 0.1) is 13.8 Å². The Morgan fingerprint density at radius 1 is 1.17 bits per heavy atom. The number of rotatable bonds is 2. The highest BCUT2D eigenvalue weighted by atomic mass is 32.1. The van der Waals surface area contributed by atoms with Crippen LogP contribution in [0.2, 0.25) is 0 Å². The van der Waals surface area contributed by atoms with E-state index in [1.165, 1.54) is 5.56 Å². The van der Waals surface area contributed by atoms with Gasteiger partial charge in [-0.3, -0.25) is 4.79 Å². The average molecular weight is 341 g/mol. The van der Waals surface area contributed by atoms with E-state index in [2.05, 4.69) is 9.88 Å². The number of oxazole rings is 1. The number of benzene rings is 1. The van der Waals surface area contributed by atoms with E-state index in [0.29, 0.717) is 19.1 Å². The van der Waals surface area contributed by atoms with E-state index in [4.69, 9.17) is 4.42 Å². The van der Waals surface area contributed by atoms with Crippen LogP contribution in [-0.2, 0) is 0 Å². The van der Waals surface area contributed by atoms with Crippen molar-refractivity contribution in [2.24, 2.45) is 0 Å². The van der Waals surface area contributed by atoms with Gasteiger partial charge in [-0.1, -0.05) is 6.07 Å². The Morgan fingerprint density at radius 2 is 1.96 bits per heavy atom. The first kappa shape index (κ1) is 15.2. The zero-order valence-electron chi connectivity index (χ0n) is 13.8. The lowest BCUT2D eigenvalue weighted by Crippen LogP contribution is -2.49. The van der Waals surface area contributed by atoms with Crippen molar-refractivity contribution in [3.05, 3.63) is 45.6 Å². The molecule has 0 aliphatic carbocycles. The van der Waals surface area contributed by atoms with Crippen LogP contribution in [-0.4, -0.2) is 42.0 Å². The van der Waals surface area contributed by atoms with Crippen LogP contribution in [0.15, 0.2) is 33.4 Å². The summed E-state index contributed by atoms with van der Waals surface area (Å²) in [6.45, 7) is 6.88. The summed E-state index contributed by atoms with van der Waals surface area (Å²) in [5, 5.41) is 3.96. The lowest BCUT2D eigenvalue weighted by molar-refractivity contribution is 0.0745. The maximum absolute atomic E-state index is 12.6. The van der Waals surface area contributed by atoms with Crippen LogP contribution < -0.4 is 4.90 Å². The Balaban J connectivity index is 1.47. The van der Waals surface area contributed by atoms with Crippen LogP contribution in [0.4, 0.5) is 6.01 Å². The molecule has 0 bridgehead atoms. The molecule has 1 fully saturated rings. The van der Waals surface area contributed by atoms with Crippen LogP contribution in [0.1, 0.15) is 21.5 Å². The summed E-state index contributed by atoms with van der Waals surface area (Å²) >= 11 is 1.58. The molecule has 24 heavy (non-hydrogen) atoms. The normalized spacial score (nSPS) is 15.2. The smallest absolute Gasteiger partial charge is 0.298 e. The van der Waals surface area contributed by atoms with Crippen molar-refractivity contribution in [1.29, 1.82) is 0 Å². The average Bonchev–Trinajstić information content (AvgIpc) is 3.20. The monoisotopic (exact) mass is 341 g/mol. The van der Waals surface area contributed by atoms with Gasteiger partial charge in [-0.2, -0.15) is 16.3 Å². The largest absolute Gasteiger partial charge is 0.423 e. The third-order valence-corrected chi connectivity index (χ3v) is 5.32. The predicted octanol–water partition coefficient (Wildman–Crippen LogP) is 3.47. The number of aryl methyl sites for hydroxylation is 2. The molecule has 0 atom stereocenters. The van der Waals surface area contributed by atoms with Gasteiger partial charge >= 0.3 is 0 Å². The first-order chi connectivity index (χ1) is 11.6. The van der Waals surface area contributed by atoms with Gasteiger partial charge in [0.25, 0.3) is 11.9 Å². The molecule has 5 nitrogen and oxygen atoms in total. The molecule has 1 amide bonds. The van der Waals surface area contributed by atoms with E-state index in [1.54, 1.807) is 11.3 Å². The number of aromatic nitrogens is 1. The number of fused-ring (bicyclic) bond motifs is 1. The standard InChI is InChI=1S/C18H19N3O2S/c1-12-3-4-16-15(9-12)19-18(23-16)21-7-5-20(6-8-21)17(22)14-11-24-10-13(14)2/h3-4,9-11H,5-8H2,1-2H3. The van der Waals surface area contributed by atoms with Crippen molar-refractivity contribution >= 4 is 34.4 Å². The summed E-state index contributed by atoms with van der Waals surface area (Å²) in [6.07, 6.45) is 0. The minimum absolute atomic E-state index is 0.126. The van der Waals surface area contributed by atoms with Crippen LogP contribution in [0.5, 0.6) is 0 Å². The molecular formula is C18H19N3O2S. The summed E-state index contributed by atoms with van der Waals surface area (Å²) < 4.78 is 5.86. The van der Waals surface area contributed by atoms with Gasteiger partial charge in [0, 0.05) is 31.6 Å². The topological polar surface area (TPSA) is 49.6 Å². The Hall–Kier alpha value is -2.34. The molecule has 0 unspecified atom stereocenters. The van der Waals surface area contributed by atoms with Crippen molar-refractivity contribution < 1.29 is 9.21 Å². The van der Waals surface area contributed by atoms with E-state index >= 15 is 0 Å². The Morgan fingerprint density at radius 3 is 2.67 bits per heavy atom. The summed E-state index contributed by atoms with van der Waals surface area (Å²) in [6, 6.07) is 6.66. The molecule has 0 saturated carbocycles. The number of amides is 1. The second-order valence-electron chi connectivity index (χ2n) is 6.22. The molecule has 0 radical (unpaired) electrons. The molecule has 0 spiro atoms. The van der Waals surface area contributed by atoms with Crippen molar-refractivity contribution in [2.45, 2.75) is 13.8 Å². The van der Waals surface area contributed by atoms with Gasteiger partial charge in [-0.05, 0) is 42.5 Å². The van der Waals surface area contributed by atoms with Gasteiger partial charge in [-0.15, -0.1) is 0 Å². The molecule has 6 heteroatoms. The number of nitrogens with zero attached hydrogens (tertiary/aromatic N) is 3. The Labute approximate surface area is 144 Å². The fourth-order valence-electron chi connectivity index (χ4n) is 3.01. The third kappa shape index (κ3) is 2.67. The zero-order chi connectivity index (χ0) is 16.7. The molecule has 124 valence electrons. The van der Waals surface area contributed by atoms with Crippen molar-refractivity contribution in [3.63, 3.8) is 0 Å². The fourth-order valence-corrected chi connectivity index (χ4v) is 3.83. The molecule has 0 N–H and O–H groups in total. The molecule has 3 heterocycles. The minimum atomic E-state index is 0.126. The number of carbonyl (C=O) groups excluding carboxylic acids is 1. The van der Waals surface area contributed by atoms with Crippen LogP contribution >= 0.6 is 11.3 Å². The Kier molecular flexibility index (Phi) is 3.76. The maximum Gasteiger partial charge on any atom is 0.298 e. The number of piperazine rings is 1. The maximum atomic E-state index is 12.6. The molecular weight excluding hydrogens is 322 g/mol. The zero-order valence-corrected chi connectivity index (χ0v) is 14.6. The number of carbonyl (C=O) groups is 1. The van der Waals surface area contributed by atoms with Crippen molar-refractivity contribution in [2.75, 3.05) is 31.1 Å². The lowest BCUT2D eigenvalue weighted by atomic mass is 10.2. The molecule has 1 saturated heterocycles. The second-order valence-corrected chi connectivity index (χ2v) is 6.96. The molecule has 1 aliphatic rings. The molecule has 1 aliphatic heterocycles. The number of hydrogen-bond acceptors (Lipinski definition) is 5. The number of anilines is 1. The Bertz CT molecular complexity index is 891. The molecule has 3 aromatic rings. The van der Waals surface area contributed by atoms with Gasteiger partial charge in [-0.25, -0.2) is 0 Å². The van der Waals surface area contributed by atoms with E-state index in [-0.39, 0.29) is 5.91 Å². The molecule has 1 aromatic carbocycles. The molecule has 2 aromatic heterocycles. The summed E-state index contributed by atoms with van der Waals surface area (Å²) in [7, 11) is 0. The van der Waals surface area contributed by atoms with Gasteiger partial charge in [0.1, 0.15) is 5.52 Å². The van der Waals surface area contributed by atoms with Gasteiger partial charge in [0.15, 0.2) is 5.58 Å². The quantitative estimate of drug-likeness (QED) is 0.716. The van der Waals surface area contributed by atoms with E-state index in [1.807, 2.05) is 47.7 Å². The number of thiophene rings is 1. The minimum Gasteiger partial charge on any atom is -0.423 e. The summed E-state index contributed by atoms with van der Waals surface area (Å²) in [5.41, 5.74) is 4.75. The summed E-state index contributed by atoms with van der Waals surface area (Å²) in [4.78, 5) is 21.2. The van der Waals surface area contributed by atoms with E-state index in [9.17, 15) is 4.79 Å². The summed E-state index contributed by atoms with van der Waals surface area (Å²) in [5.74, 6) is 0.126. The molecule has 4 rings (SSSR count). The lowest BCUT2D eigenvalue weighted by Gasteiger charge is -2.33. The highest BCUT2D eigenvalue weighted by molar-refractivity contribution is 7.08. The fraction of sp³-hybridized carbons (Fsp3) is 0.333. The number of hydrogen-bond donors (Lipinski definition) is 0. The van der Waals surface area contributed by atoms with Crippen molar-refractivity contribution in [1.82, 2.24) is 9.88 Å². The van der Waals surface area contributed by atoms with Crippen molar-refractivity contribution in [3.8, 4) is 0 Å². The van der Waals surface area contributed by atoms with E-state index in [0.717, 1.165) is 35.3 Å². The van der Waals surface area contributed by atoms with Gasteiger partial charge in [0.05, 0.1) is 5.56 Å². The highest BCUT2D eigenvalue weighted by Gasteiger charge is 2.25. The highest BCUT2D eigenvalue weighted by Crippen LogP contribution is 2.24. The third-order valence-electron chi connectivity index (χ3n) is 4.46. The first-order valence-electron chi connectivity index (χ1n) is 8.06. The van der Waals surface area contributed by atoms with Gasteiger partial charge in [0.2, 0.25) is 0 Å². The van der Waals surface area contributed by atoms with Crippen LogP contribution in [0.25, 0.3) is 11.1 Å². The second kappa shape index (κ2) is 5.94.